The Morgan fingerprint density at radius 1 is 1.48 bits per heavy atom. The number of benzene rings is 1. The molecule has 1 aliphatic rings. The Morgan fingerprint density at radius 3 is 2.91 bits per heavy atom. The normalized spacial score (nSPS) is 14.3. The number of rotatable bonds is 8. The van der Waals surface area contributed by atoms with Crippen molar-refractivity contribution in [2.45, 2.75) is 25.4 Å². The third kappa shape index (κ3) is 3.90. The molecule has 6 nitrogen and oxygen atoms in total. The highest BCUT2D eigenvalue weighted by molar-refractivity contribution is 9.09. The molecule has 1 atom stereocenters. The van der Waals surface area contributed by atoms with Crippen molar-refractivity contribution in [1.82, 2.24) is 4.90 Å². The number of hydrogen-bond donors (Lipinski definition) is 0. The zero-order valence-electron chi connectivity index (χ0n) is 12.8. The van der Waals surface area contributed by atoms with Gasteiger partial charge in [0.2, 0.25) is 0 Å². The zero-order chi connectivity index (χ0) is 16.8. The lowest BCUT2D eigenvalue weighted by Gasteiger charge is -2.22. The number of alkyl halides is 1. The number of esters is 1. The minimum Gasteiger partial charge on any atom is -0.492 e. The molecule has 1 aromatic carbocycles. The van der Waals surface area contributed by atoms with Crippen LogP contribution in [0.25, 0.3) is 0 Å². The standard InChI is InChI=1S/C16H18BrNO5/c1-22-15(20)6-5-11(10-19)18-9-13-12(16(18)21)3-2-4-14(13)23-8-7-17/h2-4,10-11H,5-9H2,1H3. The molecule has 1 heterocycles. The zero-order valence-corrected chi connectivity index (χ0v) is 14.4. The smallest absolute Gasteiger partial charge is 0.305 e. The van der Waals surface area contributed by atoms with Gasteiger partial charge in [-0.25, -0.2) is 0 Å². The minimum absolute atomic E-state index is 0.0903. The number of carbonyl (C=O) groups excluding carboxylic acids is 3. The van der Waals surface area contributed by atoms with Gasteiger partial charge in [0, 0.05) is 22.9 Å². The van der Waals surface area contributed by atoms with Gasteiger partial charge in [0.25, 0.3) is 5.91 Å². The van der Waals surface area contributed by atoms with Gasteiger partial charge in [-0.3, -0.25) is 9.59 Å². The molecule has 0 saturated carbocycles. The molecule has 1 unspecified atom stereocenters. The van der Waals surface area contributed by atoms with Crippen molar-refractivity contribution in [2.75, 3.05) is 19.0 Å². The van der Waals surface area contributed by atoms with Gasteiger partial charge in [-0.15, -0.1) is 0 Å². The molecule has 2 rings (SSSR count). The summed E-state index contributed by atoms with van der Waals surface area (Å²) in [4.78, 5) is 36.6. The molecule has 124 valence electrons. The molecular formula is C16H18BrNO5. The average molecular weight is 384 g/mol. The summed E-state index contributed by atoms with van der Waals surface area (Å²) in [5.41, 5.74) is 1.32. The lowest BCUT2D eigenvalue weighted by Crippen LogP contribution is -2.37. The monoisotopic (exact) mass is 383 g/mol. The number of methoxy groups -OCH3 is 1. The van der Waals surface area contributed by atoms with E-state index >= 15 is 0 Å². The molecule has 0 spiro atoms. The van der Waals surface area contributed by atoms with E-state index in [1.54, 1.807) is 12.1 Å². The Hall–Kier alpha value is -1.89. The summed E-state index contributed by atoms with van der Waals surface area (Å²) in [6.07, 6.45) is 1.03. The van der Waals surface area contributed by atoms with E-state index < -0.39 is 12.0 Å². The Labute approximate surface area is 142 Å². The van der Waals surface area contributed by atoms with Crippen LogP contribution in [0.1, 0.15) is 28.8 Å². The van der Waals surface area contributed by atoms with E-state index in [9.17, 15) is 14.4 Å². The molecular weight excluding hydrogens is 366 g/mol. The summed E-state index contributed by atoms with van der Waals surface area (Å²) in [7, 11) is 1.29. The van der Waals surface area contributed by atoms with Gasteiger partial charge in [0.15, 0.2) is 0 Å². The van der Waals surface area contributed by atoms with Crippen molar-refractivity contribution in [3.8, 4) is 5.75 Å². The van der Waals surface area contributed by atoms with Gasteiger partial charge >= 0.3 is 5.97 Å². The third-order valence-corrected chi connectivity index (χ3v) is 4.04. The summed E-state index contributed by atoms with van der Waals surface area (Å²) in [5.74, 6) is 0.0315. The van der Waals surface area contributed by atoms with Gasteiger partial charge in [0.1, 0.15) is 12.0 Å². The Bertz CT molecular complexity index is 604. The molecule has 0 aliphatic carbocycles. The van der Waals surface area contributed by atoms with E-state index in [2.05, 4.69) is 20.7 Å². The Morgan fingerprint density at radius 2 is 2.26 bits per heavy atom. The van der Waals surface area contributed by atoms with Crippen LogP contribution < -0.4 is 4.74 Å². The summed E-state index contributed by atoms with van der Waals surface area (Å²) in [5, 5.41) is 0.685. The van der Waals surface area contributed by atoms with E-state index in [0.717, 1.165) is 5.56 Å². The maximum absolute atomic E-state index is 12.5. The highest BCUT2D eigenvalue weighted by Crippen LogP contribution is 2.32. The van der Waals surface area contributed by atoms with E-state index in [0.29, 0.717) is 36.1 Å². The molecule has 1 aliphatic heterocycles. The van der Waals surface area contributed by atoms with Crippen LogP contribution in [-0.4, -0.2) is 48.2 Å². The largest absolute Gasteiger partial charge is 0.492 e. The van der Waals surface area contributed by atoms with Crippen molar-refractivity contribution in [1.29, 1.82) is 0 Å². The van der Waals surface area contributed by atoms with Gasteiger partial charge in [-0.05, 0) is 18.6 Å². The molecule has 0 radical (unpaired) electrons. The van der Waals surface area contributed by atoms with Crippen LogP contribution in [0.4, 0.5) is 0 Å². The maximum Gasteiger partial charge on any atom is 0.305 e. The van der Waals surface area contributed by atoms with E-state index in [4.69, 9.17) is 4.74 Å². The quantitative estimate of drug-likeness (QED) is 0.389. The summed E-state index contributed by atoms with van der Waals surface area (Å²) in [6.45, 7) is 0.793. The Kier molecular flexibility index (Phi) is 6.15. The molecule has 0 bridgehead atoms. The van der Waals surface area contributed by atoms with Crippen molar-refractivity contribution in [3.05, 3.63) is 29.3 Å². The number of aldehydes is 1. The van der Waals surface area contributed by atoms with Crippen LogP contribution in [0.3, 0.4) is 0 Å². The molecule has 0 fully saturated rings. The fourth-order valence-corrected chi connectivity index (χ4v) is 2.70. The van der Waals surface area contributed by atoms with Crippen molar-refractivity contribution in [2.24, 2.45) is 0 Å². The van der Waals surface area contributed by atoms with Crippen molar-refractivity contribution < 1.29 is 23.9 Å². The van der Waals surface area contributed by atoms with Crippen LogP contribution in [0.15, 0.2) is 18.2 Å². The second kappa shape index (κ2) is 8.10. The van der Waals surface area contributed by atoms with Crippen LogP contribution in [0.2, 0.25) is 0 Å². The van der Waals surface area contributed by atoms with Crippen molar-refractivity contribution >= 4 is 34.1 Å². The molecule has 0 saturated heterocycles. The molecule has 1 amide bonds. The first kappa shape index (κ1) is 17.5. The van der Waals surface area contributed by atoms with Gasteiger partial charge in [-0.1, -0.05) is 22.0 Å². The fourth-order valence-electron chi connectivity index (χ4n) is 2.54. The fraction of sp³-hybridized carbons (Fsp3) is 0.438. The molecule has 7 heteroatoms. The van der Waals surface area contributed by atoms with Crippen molar-refractivity contribution in [3.63, 3.8) is 0 Å². The molecule has 1 aromatic rings. The van der Waals surface area contributed by atoms with Gasteiger partial charge in [0.05, 0.1) is 26.3 Å². The second-order valence-electron chi connectivity index (χ2n) is 5.07. The second-order valence-corrected chi connectivity index (χ2v) is 5.86. The number of halogens is 1. The number of carbonyl (C=O) groups is 3. The number of fused-ring (bicyclic) bond motifs is 1. The first-order valence-corrected chi connectivity index (χ1v) is 8.38. The minimum atomic E-state index is -0.655. The van der Waals surface area contributed by atoms with Gasteiger partial charge in [-0.2, -0.15) is 0 Å². The summed E-state index contributed by atoms with van der Waals surface area (Å²) in [6, 6.07) is 4.63. The highest BCUT2D eigenvalue weighted by atomic mass is 79.9. The lowest BCUT2D eigenvalue weighted by molar-refractivity contribution is -0.141. The first-order valence-electron chi connectivity index (χ1n) is 7.26. The molecule has 0 N–H and O–H groups in total. The molecule has 0 aromatic heterocycles. The van der Waals surface area contributed by atoms with E-state index in [1.165, 1.54) is 12.0 Å². The summed E-state index contributed by atoms with van der Waals surface area (Å²) >= 11 is 3.29. The Balaban J connectivity index is 2.15. The predicted octanol–water partition coefficient (Wildman–Crippen LogP) is 1.94. The number of amides is 1. The number of hydrogen-bond acceptors (Lipinski definition) is 5. The van der Waals surface area contributed by atoms with E-state index in [-0.39, 0.29) is 18.7 Å². The first-order chi connectivity index (χ1) is 11.1. The number of nitrogens with zero attached hydrogens (tertiary/aromatic N) is 1. The van der Waals surface area contributed by atoms with Gasteiger partial charge < -0.3 is 19.2 Å². The van der Waals surface area contributed by atoms with Crippen LogP contribution in [0.5, 0.6) is 5.75 Å². The van der Waals surface area contributed by atoms with Crippen LogP contribution in [0, 0.1) is 0 Å². The summed E-state index contributed by atoms with van der Waals surface area (Å²) < 4.78 is 10.2. The maximum atomic E-state index is 12.5. The SMILES string of the molecule is COC(=O)CCC(C=O)N1Cc2c(OCCBr)cccc2C1=O. The predicted molar refractivity (Wildman–Crippen MR) is 86.7 cm³/mol. The average Bonchev–Trinajstić information content (AvgIpc) is 2.91. The topological polar surface area (TPSA) is 72.9 Å². The third-order valence-electron chi connectivity index (χ3n) is 3.72. The van der Waals surface area contributed by atoms with Crippen LogP contribution in [-0.2, 0) is 20.9 Å². The lowest BCUT2D eigenvalue weighted by atomic mass is 10.1. The highest BCUT2D eigenvalue weighted by Gasteiger charge is 2.34. The van der Waals surface area contributed by atoms with E-state index in [1.807, 2.05) is 6.07 Å². The van der Waals surface area contributed by atoms with Crippen LogP contribution >= 0.6 is 15.9 Å². The molecule has 23 heavy (non-hydrogen) atoms. The number of ether oxygens (including phenoxy) is 2.